The van der Waals surface area contributed by atoms with Crippen molar-refractivity contribution in [2.75, 3.05) is 7.11 Å². The lowest BCUT2D eigenvalue weighted by atomic mass is 10.1. The van der Waals surface area contributed by atoms with E-state index < -0.39 is 0 Å². The van der Waals surface area contributed by atoms with Crippen LogP contribution < -0.4 is 10.3 Å². The minimum atomic E-state index is -0.226. The zero-order valence-electron chi connectivity index (χ0n) is 8.63. The molecule has 0 aliphatic carbocycles. The molecule has 0 atom stereocenters. The van der Waals surface area contributed by atoms with Crippen molar-refractivity contribution in [1.82, 2.24) is 9.97 Å². The van der Waals surface area contributed by atoms with Crippen LogP contribution in [0.15, 0.2) is 16.9 Å². The van der Waals surface area contributed by atoms with Gasteiger partial charge in [0.1, 0.15) is 0 Å². The molecule has 0 aliphatic heterocycles. The van der Waals surface area contributed by atoms with E-state index >= 15 is 0 Å². The third-order valence-corrected chi connectivity index (χ3v) is 1.96. The number of H-pyrrole nitrogens is 1. The zero-order chi connectivity index (χ0) is 10.6. The molecule has 0 aliphatic rings. The van der Waals surface area contributed by atoms with Gasteiger partial charge in [-0.15, -0.1) is 0 Å². The molecule has 1 aromatic rings. The van der Waals surface area contributed by atoms with Crippen molar-refractivity contribution < 1.29 is 4.74 Å². The number of rotatable bonds is 3. The highest BCUT2D eigenvalue weighted by molar-refractivity contribution is 5.20. The summed E-state index contributed by atoms with van der Waals surface area (Å²) in [5, 5.41) is 0. The Bertz CT molecular complexity index is 394. The second-order valence-corrected chi connectivity index (χ2v) is 2.93. The van der Waals surface area contributed by atoms with Gasteiger partial charge in [0, 0.05) is 11.3 Å². The SMILES string of the molecule is C/C=C/Cc1c(C)[nH]c(OC)nc1=O. The minimum Gasteiger partial charge on any atom is -0.468 e. The fraction of sp³-hybridized carbons (Fsp3) is 0.400. The Morgan fingerprint density at radius 1 is 1.57 bits per heavy atom. The lowest BCUT2D eigenvalue weighted by Crippen LogP contribution is -2.16. The number of hydrogen-bond acceptors (Lipinski definition) is 3. The lowest BCUT2D eigenvalue weighted by molar-refractivity contribution is 0.376. The van der Waals surface area contributed by atoms with E-state index in [2.05, 4.69) is 9.97 Å². The lowest BCUT2D eigenvalue weighted by Gasteiger charge is -2.04. The number of allylic oxidation sites excluding steroid dienone is 2. The first-order valence-corrected chi connectivity index (χ1v) is 4.44. The van der Waals surface area contributed by atoms with Gasteiger partial charge >= 0.3 is 0 Å². The van der Waals surface area contributed by atoms with Crippen molar-refractivity contribution in [3.05, 3.63) is 33.8 Å². The molecule has 14 heavy (non-hydrogen) atoms. The first-order chi connectivity index (χ1) is 6.69. The van der Waals surface area contributed by atoms with E-state index in [0.29, 0.717) is 12.0 Å². The third kappa shape index (κ3) is 2.22. The summed E-state index contributed by atoms with van der Waals surface area (Å²) in [5.41, 5.74) is 1.26. The maximum Gasteiger partial charge on any atom is 0.296 e. The van der Waals surface area contributed by atoms with E-state index in [1.807, 2.05) is 26.0 Å². The van der Waals surface area contributed by atoms with Crippen molar-refractivity contribution in [3.63, 3.8) is 0 Å². The van der Waals surface area contributed by atoms with Gasteiger partial charge in [0.25, 0.3) is 11.6 Å². The van der Waals surface area contributed by atoms with Crippen LogP contribution in [0.4, 0.5) is 0 Å². The van der Waals surface area contributed by atoms with Gasteiger partial charge in [-0.2, -0.15) is 4.98 Å². The molecule has 0 amide bonds. The van der Waals surface area contributed by atoms with Gasteiger partial charge < -0.3 is 9.72 Å². The van der Waals surface area contributed by atoms with Crippen molar-refractivity contribution in [1.29, 1.82) is 0 Å². The van der Waals surface area contributed by atoms with Gasteiger partial charge in [0.15, 0.2) is 0 Å². The summed E-state index contributed by atoms with van der Waals surface area (Å²) in [6.07, 6.45) is 4.43. The Hall–Kier alpha value is -1.58. The van der Waals surface area contributed by atoms with Crippen LogP contribution in [-0.2, 0) is 6.42 Å². The van der Waals surface area contributed by atoms with Crippen LogP contribution >= 0.6 is 0 Å². The second kappa shape index (κ2) is 4.60. The molecule has 1 aromatic heterocycles. The van der Waals surface area contributed by atoms with Crippen molar-refractivity contribution in [2.45, 2.75) is 20.3 Å². The van der Waals surface area contributed by atoms with Crippen LogP contribution in [0.5, 0.6) is 6.01 Å². The summed E-state index contributed by atoms with van der Waals surface area (Å²) in [5.74, 6) is 0. The van der Waals surface area contributed by atoms with Gasteiger partial charge in [-0.05, 0) is 20.3 Å². The smallest absolute Gasteiger partial charge is 0.296 e. The topological polar surface area (TPSA) is 55.0 Å². The molecule has 1 rings (SSSR count). The largest absolute Gasteiger partial charge is 0.468 e. The molecule has 0 aromatic carbocycles. The van der Waals surface area contributed by atoms with Crippen LogP contribution in [0.3, 0.4) is 0 Å². The highest BCUT2D eigenvalue weighted by atomic mass is 16.5. The molecule has 76 valence electrons. The normalized spacial score (nSPS) is 10.8. The van der Waals surface area contributed by atoms with E-state index in [4.69, 9.17) is 4.74 Å². The Balaban J connectivity index is 3.12. The van der Waals surface area contributed by atoms with Gasteiger partial charge in [0.2, 0.25) is 0 Å². The molecule has 0 saturated heterocycles. The van der Waals surface area contributed by atoms with Crippen molar-refractivity contribution >= 4 is 0 Å². The van der Waals surface area contributed by atoms with E-state index in [0.717, 1.165) is 5.69 Å². The molecule has 0 fully saturated rings. The van der Waals surface area contributed by atoms with Gasteiger partial charge in [-0.25, -0.2) is 0 Å². The molecule has 4 nitrogen and oxygen atoms in total. The molecule has 1 heterocycles. The predicted molar refractivity (Wildman–Crippen MR) is 54.7 cm³/mol. The number of methoxy groups -OCH3 is 1. The monoisotopic (exact) mass is 194 g/mol. The number of aromatic nitrogens is 2. The number of nitrogens with one attached hydrogen (secondary N) is 1. The molecular formula is C10H14N2O2. The van der Waals surface area contributed by atoms with Crippen molar-refractivity contribution in [3.8, 4) is 6.01 Å². The van der Waals surface area contributed by atoms with Crippen LogP contribution in [0, 0.1) is 6.92 Å². The van der Waals surface area contributed by atoms with E-state index in [9.17, 15) is 4.79 Å². The molecule has 1 N–H and O–H groups in total. The fourth-order valence-corrected chi connectivity index (χ4v) is 1.16. The zero-order valence-corrected chi connectivity index (χ0v) is 8.63. The van der Waals surface area contributed by atoms with Crippen LogP contribution in [-0.4, -0.2) is 17.1 Å². The van der Waals surface area contributed by atoms with Gasteiger partial charge in [-0.3, -0.25) is 4.79 Å². The highest BCUT2D eigenvalue weighted by Gasteiger charge is 2.05. The number of ether oxygens (including phenoxy) is 1. The summed E-state index contributed by atoms with van der Waals surface area (Å²) in [4.78, 5) is 18.1. The third-order valence-electron chi connectivity index (χ3n) is 1.96. The summed E-state index contributed by atoms with van der Waals surface area (Å²) in [6, 6.07) is 0.261. The molecule has 0 spiro atoms. The van der Waals surface area contributed by atoms with Gasteiger partial charge in [0.05, 0.1) is 7.11 Å². The number of hydrogen-bond donors (Lipinski definition) is 1. The summed E-state index contributed by atoms with van der Waals surface area (Å²) in [6.45, 7) is 3.75. The van der Waals surface area contributed by atoms with E-state index in [-0.39, 0.29) is 11.6 Å². The maximum atomic E-state index is 11.5. The molecule has 4 heteroatoms. The maximum absolute atomic E-state index is 11.5. The number of aromatic amines is 1. The standard InChI is InChI=1S/C10H14N2O2/c1-4-5-6-8-7(2)11-10(14-3)12-9(8)13/h4-5H,6H2,1-3H3,(H,11,12,13)/b5-4+. The first kappa shape index (κ1) is 10.5. The number of aryl methyl sites for hydroxylation is 1. The average molecular weight is 194 g/mol. The Morgan fingerprint density at radius 3 is 2.79 bits per heavy atom. The van der Waals surface area contributed by atoms with Crippen LogP contribution in [0.1, 0.15) is 18.2 Å². The Morgan fingerprint density at radius 2 is 2.29 bits per heavy atom. The second-order valence-electron chi connectivity index (χ2n) is 2.93. The van der Waals surface area contributed by atoms with Crippen LogP contribution in [0.25, 0.3) is 0 Å². The van der Waals surface area contributed by atoms with Gasteiger partial charge in [-0.1, -0.05) is 12.2 Å². The molecule has 0 bridgehead atoms. The van der Waals surface area contributed by atoms with E-state index in [1.165, 1.54) is 7.11 Å². The quantitative estimate of drug-likeness (QED) is 0.736. The Labute approximate surface area is 82.6 Å². The summed E-state index contributed by atoms with van der Waals surface area (Å²) in [7, 11) is 1.48. The summed E-state index contributed by atoms with van der Waals surface area (Å²) < 4.78 is 4.85. The number of nitrogens with zero attached hydrogens (tertiary/aromatic N) is 1. The fourth-order valence-electron chi connectivity index (χ4n) is 1.16. The van der Waals surface area contributed by atoms with Crippen molar-refractivity contribution in [2.24, 2.45) is 0 Å². The molecular weight excluding hydrogens is 180 g/mol. The Kier molecular flexibility index (Phi) is 3.45. The highest BCUT2D eigenvalue weighted by Crippen LogP contribution is 2.04. The predicted octanol–water partition coefficient (Wildman–Crippen LogP) is 1.21. The molecule has 0 radical (unpaired) electrons. The summed E-state index contributed by atoms with van der Waals surface area (Å²) >= 11 is 0. The first-order valence-electron chi connectivity index (χ1n) is 4.44. The van der Waals surface area contributed by atoms with E-state index in [1.54, 1.807) is 0 Å². The average Bonchev–Trinajstić information content (AvgIpc) is 2.16. The molecule has 0 saturated carbocycles. The van der Waals surface area contributed by atoms with Crippen LogP contribution in [0.2, 0.25) is 0 Å². The molecule has 0 unspecified atom stereocenters. The minimum absolute atomic E-state index is 0.226.